The lowest BCUT2D eigenvalue weighted by Crippen LogP contribution is -2.29. The summed E-state index contributed by atoms with van der Waals surface area (Å²) in [5.41, 5.74) is 1.51. The molecule has 4 heteroatoms. The highest BCUT2D eigenvalue weighted by atomic mass is 79.9. The molecule has 0 amide bonds. The lowest BCUT2D eigenvalue weighted by molar-refractivity contribution is 0.249. The third-order valence-electron chi connectivity index (χ3n) is 2.44. The van der Waals surface area contributed by atoms with E-state index in [0.717, 1.165) is 10.2 Å². The van der Waals surface area contributed by atoms with Crippen molar-refractivity contribution in [3.63, 3.8) is 0 Å². The molecule has 0 saturated heterocycles. The number of nitrogens with zero attached hydrogens (tertiary/aromatic N) is 1. The SMILES string of the molecule is CC(C)[C@@H](CO)Nc1ccc(C#N)cc1Br. The quantitative estimate of drug-likeness (QED) is 0.893. The maximum absolute atomic E-state index is 9.22. The molecular formula is C12H15BrN2O. The van der Waals surface area contributed by atoms with E-state index in [4.69, 9.17) is 5.26 Å². The molecule has 1 atom stereocenters. The number of rotatable bonds is 4. The van der Waals surface area contributed by atoms with Crippen LogP contribution in [0.4, 0.5) is 5.69 Å². The Bertz CT molecular complexity index is 398. The van der Waals surface area contributed by atoms with Crippen molar-refractivity contribution >= 4 is 21.6 Å². The smallest absolute Gasteiger partial charge is 0.0992 e. The number of aliphatic hydroxyl groups excluding tert-OH is 1. The van der Waals surface area contributed by atoms with Crippen molar-refractivity contribution in [2.24, 2.45) is 5.92 Å². The van der Waals surface area contributed by atoms with Gasteiger partial charge in [-0.15, -0.1) is 0 Å². The second-order valence-electron chi connectivity index (χ2n) is 3.98. The summed E-state index contributed by atoms with van der Waals surface area (Å²) in [6.07, 6.45) is 0. The van der Waals surface area contributed by atoms with E-state index in [1.807, 2.05) is 19.9 Å². The highest BCUT2D eigenvalue weighted by Gasteiger charge is 2.13. The summed E-state index contributed by atoms with van der Waals surface area (Å²) < 4.78 is 0.839. The molecule has 0 saturated carbocycles. The maximum Gasteiger partial charge on any atom is 0.0992 e. The standard InChI is InChI=1S/C12H15BrN2O/c1-8(2)12(7-16)15-11-4-3-9(6-14)5-10(11)13/h3-5,8,12,15-16H,7H2,1-2H3/t12-/m1/s1. The highest BCUT2D eigenvalue weighted by Crippen LogP contribution is 2.25. The molecule has 3 nitrogen and oxygen atoms in total. The first-order valence-electron chi connectivity index (χ1n) is 5.15. The third kappa shape index (κ3) is 3.22. The number of aliphatic hydroxyl groups is 1. The zero-order valence-electron chi connectivity index (χ0n) is 9.37. The van der Waals surface area contributed by atoms with E-state index in [1.165, 1.54) is 0 Å². The van der Waals surface area contributed by atoms with Crippen LogP contribution in [0.3, 0.4) is 0 Å². The molecule has 0 aliphatic carbocycles. The lowest BCUT2D eigenvalue weighted by atomic mass is 10.0. The fourth-order valence-corrected chi connectivity index (χ4v) is 1.82. The first-order valence-corrected chi connectivity index (χ1v) is 5.94. The number of nitriles is 1. The van der Waals surface area contributed by atoms with Crippen LogP contribution in [0.5, 0.6) is 0 Å². The van der Waals surface area contributed by atoms with Crippen molar-refractivity contribution in [2.75, 3.05) is 11.9 Å². The molecule has 0 aliphatic rings. The van der Waals surface area contributed by atoms with Crippen LogP contribution in [0.15, 0.2) is 22.7 Å². The maximum atomic E-state index is 9.22. The van der Waals surface area contributed by atoms with Crippen LogP contribution in [-0.2, 0) is 0 Å². The van der Waals surface area contributed by atoms with E-state index in [9.17, 15) is 5.11 Å². The van der Waals surface area contributed by atoms with Crippen LogP contribution in [0.2, 0.25) is 0 Å². The molecule has 1 aromatic rings. The van der Waals surface area contributed by atoms with E-state index in [0.29, 0.717) is 11.5 Å². The van der Waals surface area contributed by atoms with Crippen LogP contribution >= 0.6 is 15.9 Å². The molecule has 2 N–H and O–H groups in total. The van der Waals surface area contributed by atoms with E-state index in [1.54, 1.807) is 12.1 Å². The molecule has 0 aliphatic heterocycles. The summed E-state index contributed by atoms with van der Waals surface area (Å²) in [6, 6.07) is 7.45. The predicted molar refractivity (Wildman–Crippen MR) is 68.2 cm³/mol. The average molecular weight is 283 g/mol. The van der Waals surface area contributed by atoms with Gasteiger partial charge in [-0.1, -0.05) is 13.8 Å². The van der Waals surface area contributed by atoms with Crippen LogP contribution in [0, 0.1) is 17.2 Å². The summed E-state index contributed by atoms with van der Waals surface area (Å²) >= 11 is 3.40. The van der Waals surface area contributed by atoms with Crippen molar-refractivity contribution < 1.29 is 5.11 Å². The Morgan fingerprint density at radius 3 is 2.62 bits per heavy atom. The van der Waals surface area contributed by atoms with E-state index in [-0.39, 0.29) is 12.6 Å². The molecule has 86 valence electrons. The van der Waals surface area contributed by atoms with E-state index < -0.39 is 0 Å². The van der Waals surface area contributed by atoms with Gasteiger partial charge in [-0.05, 0) is 40.0 Å². The summed E-state index contributed by atoms with van der Waals surface area (Å²) in [4.78, 5) is 0. The molecule has 0 unspecified atom stereocenters. The lowest BCUT2D eigenvalue weighted by Gasteiger charge is -2.22. The summed E-state index contributed by atoms with van der Waals surface area (Å²) in [5.74, 6) is 0.340. The molecule has 0 bridgehead atoms. The van der Waals surface area contributed by atoms with Crippen LogP contribution < -0.4 is 5.32 Å². The van der Waals surface area contributed by atoms with Crippen molar-refractivity contribution in [2.45, 2.75) is 19.9 Å². The molecule has 1 rings (SSSR count). The van der Waals surface area contributed by atoms with Crippen molar-refractivity contribution in [3.8, 4) is 6.07 Å². The Balaban J connectivity index is 2.86. The molecule has 1 aromatic carbocycles. The minimum atomic E-state index is 0.0178. The second kappa shape index (κ2) is 5.88. The topological polar surface area (TPSA) is 56.0 Å². The van der Waals surface area contributed by atoms with Gasteiger partial charge < -0.3 is 10.4 Å². The predicted octanol–water partition coefficient (Wildman–Crippen LogP) is 2.75. The number of hydrogen-bond acceptors (Lipinski definition) is 3. The van der Waals surface area contributed by atoms with Gasteiger partial charge in [0.15, 0.2) is 0 Å². The number of nitrogens with one attached hydrogen (secondary N) is 1. The first-order chi connectivity index (χ1) is 7.58. The monoisotopic (exact) mass is 282 g/mol. The molecule has 16 heavy (non-hydrogen) atoms. The van der Waals surface area contributed by atoms with Gasteiger partial charge in [0.25, 0.3) is 0 Å². The van der Waals surface area contributed by atoms with Crippen LogP contribution in [-0.4, -0.2) is 17.8 Å². The van der Waals surface area contributed by atoms with Gasteiger partial charge in [0.2, 0.25) is 0 Å². The fourth-order valence-electron chi connectivity index (χ4n) is 1.32. The number of halogens is 1. The van der Waals surface area contributed by atoms with Gasteiger partial charge >= 0.3 is 0 Å². The van der Waals surface area contributed by atoms with Crippen LogP contribution in [0.1, 0.15) is 19.4 Å². The van der Waals surface area contributed by atoms with Gasteiger partial charge in [-0.3, -0.25) is 0 Å². The average Bonchev–Trinajstić information content (AvgIpc) is 2.26. The van der Waals surface area contributed by atoms with E-state index in [2.05, 4.69) is 27.3 Å². The first kappa shape index (κ1) is 13.0. The number of anilines is 1. The molecule has 0 aromatic heterocycles. The Morgan fingerprint density at radius 1 is 1.50 bits per heavy atom. The second-order valence-corrected chi connectivity index (χ2v) is 4.84. The summed E-state index contributed by atoms with van der Waals surface area (Å²) in [6.45, 7) is 4.18. The highest BCUT2D eigenvalue weighted by molar-refractivity contribution is 9.10. The van der Waals surface area contributed by atoms with Crippen molar-refractivity contribution in [3.05, 3.63) is 28.2 Å². The molecular weight excluding hydrogens is 268 g/mol. The zero-order chi connectivity index (χ0) is 12.1. The van der Waals surface area contributed by atoms with Gasteiger partial charge in [-0.2, -0.15) is 5.26 Å². The fraction of sp³-hybridized carbons (Fsp3) is 0.417. The van der Waals surface area contributed by atoms with Gasteiger partial charge in [-0.25, -0.2) is 0 Å². The molecule has 0 heterocycles. The largest absolute Gasteiger partial charge is 0.394 e. The number of hydrogen-bond donors (Lipinski definition) is 2. The van der Waals surface area contributed by atoms with E-state index >= 15 is 0 Å². The normalized spacial score (nSPS) is 12.2. The van der Waals surface area contributed by atoms with Gasteiger partial charge in [0.1, 0.15) is 0 Å². The van der Waals surface area contributed by atoms with Crippen LogP contribution in [0.25, 0.3) is 0 Å². The van der Waals surface area contributed by atoms with Crippen molar-refractivity contribution in [1.29, 1.82) is 5.26 Å². The summed E-state index contributed by atoms with van der Waals surface area (Å²) in [5, 5.41) is 21.2. The molecule has 0 radical (unpaired) electrons. The minimum Gasteiger partial charge on any atom is -0.394 e. The molecule has 0 spiro atoms. The van der Waals surface area contributed by atoms with Gasteiger partial charge in [0.05, 0.1) is 24.3 Å². The van der Waals surface area contributed by atoms with Gasteiger partial charge in [0, 0.05) is 10.2 Å². The summed E-state index contributed by atoms with van der Waals surface area (Å²) in [7, 11) is 0. The minimum absolute atomic E-state index is 0.0178. The number of benzene rings is 1. The zero-order valence-corrected chi connectivity index (χ0v) is 11.0. The molecule has 0 fully saturated rings. The Morgan fingerprint density at radius 2 is 2.19 bits per heavy atom. The Kier molecular flexibility index (Phi) is 4.78. The Hall–Kier alpha value is -1.05. The van der Waals surface area contributed by atoms with Crippen molar-refractivity contribution in [1.82, 2.24) is 0 Å². The third-order valence-corrected chi connectivity index (χ3v) is 3.10. The Labute approximate surface area is 104 Å².